The summed E-state index contributed by atoms with van der Waals surface area (Å²) in [5, 5.41) is 3.93. The fourth-order valence-electron chi connectivity index (χ4n) is 3.68. The Labute approximate surface area is 196 Å². The first-order valence-electron chi connectivity index (χ1n) is 10.9. The van der Waals surface area contributed by atoms with Crippen LogP contribution in [0, 0.1) is 0 Å². The summed E-state index contributed by atoms with van der Waals surface area (Å²) < 4.78 is 18.3. The molecule has 0 aliphatic carbocycles. The second-order valence-corrected chi connectivity index (χ2v) is 8.54. The van der Waals surface area contributed by atoms with Crippen molar-refractivity contribution in [2.75, 3.05) is 32.6 Å². The van der Waals surface area contributed by atoms with Crippen LogP contribution in [-0.2, 0) is 16.1 Å². The molecule has 174 valence electrons. The number of nitrogens with one attached hydrogen (secondary N) is 1. The molecule has 0 spiro atoms. The van der Waals surface area contributed by atoms with Gasteiger partial charge in [0.05, 0.1) is 43.0 Å². The number of thioether (sulfide) groups is 1. The number of rotatable bonds is 10. The highest BCUT2D eigenvalue weighted by atomic mass is 32.2. The predicted molar refractivity (Wildman–Crippen MR) is 127 cm³/mol. The average molecular weight is 470 g/mol. The van der Waals surface area contributed by atoms with Gasteiger partial charge in [-0.2, -0.15) is 0 Å². The molecule has 0 saturated carbocycles. The predicted octanol–water partition coefficient (Wildman–Crippen LogP) is 2.87. The number of para-hydroxylation sites is 3. The van der Waals surface area contributed by atoms with Crippen molar-refractivity contribution in [1.82, 2.24) is 14.9 Å². The molecule has 2 heterocycles. The van der Waals surface area contributed by atoms with Gasteiger partial charge in [-0.3, -0.25) is 14.2 Å². The smallest absolute Gasteiger partial charge is 0.262 e. The number of fused-ring (bicyclic) bond motifs is 1. The molecular formula is C24H27N3O5S. The zero-order valence-electron chi connectivity index (χ0n) is 18.5. The lowest BCUT2D eigenvalue weighted by molar-refractivity contribution is -0.118. The van der Waals surface area contributed by atoms with Crippen molar-refractivity contribution in [1.29, 1.82) is 0 Å². The molecule has 1 aliphatic rings. The molecule has 1 atom stereocenters. The van der Waals surface area contributed by atoms with Gasteiger partial charge in [-0.25, -0.2) is 4.98 Å². The highest BCUT2D eigenvalue weighted by molar-refractivity contribution is 7.99. The third kappa shape index (κ3) is 5.85. The van der Waals surface area contributed by atoms with Gasteiger partial charge in [0.2, 0.25) is 5.91 Å². The van der Waals surface area contributed by atoms with Crippen molar-refractivity contribution in [3.63, 3.8) is 0 Å². The van der Waals surface area contributed by atoms with Crippen LogP contribution in [0.1, 0.15) is 12.8 Å². The van der Waals surface area contributed by atoms with E-state index >= 15 is 0 Å². The number of methoxy groups -OCH3 is 1. The van der Waals surface area contributed by atoms with Crippen LogP contribution < -0.4 is 20.3 Å². The van der Waals surface area contributed by atoms with Gasteiger partial charge in [-0.15, -0.1) is 0 Å². The number of hydrogen-bond donors (Lipinski definition) is 1. The minimum absolute atomic E-state index is 0.00837. The summed E-state index contributed by atoms with van der Waals surface area (Å²) in [7, 11) is 1.58. The van der Waals surface area contributed by atoms with Crippen LogP contribution in [0.15, 0.2) is 58.5 Å². The summed E-state index contributed by atoms with van der Waals surface area (Å²) in [6, 6.07) is 14.6. The van der Waals surface area contributed by atoms with Gasteiger partial charge in [-0.1, -0.05) is 36.0 Å². The van der Waals surface area contributed by atoms with Gasteiger partial charge in [0, 0.05) is 6.61 Å². The number of aromatic nitrogens is 2. The fourth-order valence-corrected chi connectivity index (χ4v) is 4.52. The number of benzene rings is 2. The number of hydrogen-bond acceptors (Lipinski definition) is 7. The maximum Gasteiger partial charge on any atom is 0.262 e. The normalized spacial score (nSPS) is 15.5. The minimum Gasteiger partial charge on any atom is -0.493 e. The van der Waals surface area contributed by atoms with Crippen LogP contribution in [0.4, 0.5) is 0 Å². The Morgan fingerprint density at radius 1 is 1.21 bits per heavy atom. The van der Waals surface area contributed by atoms with Crippen molar-refractivity contribution < 1.29 is 19.0 Å². The molecule has 0 bridgehead atoms. The van der Waals surface area contributed by atoms with Crippen molar-refractivity contribution in [2.45, 2.75) is 30.6 Å². The van der Waals surface area contributed by atoms with Crippen molar-refractivity contribution in [3.8, 4) is 11.5 Å². The van der Waals surface area contributed by atoms with E-state index in [0.717, 1.165) is 12.8 Å². The molecule has 1 saturated heterocycles. The Balaban J connectivity index is 1.36. The largest absolute Gasteiger partial charge is 0.493 e. The first-order valence-corrected chi connectivity index (χ1v) is 11.9. The SMILES string of the molecule is COc1ccccc1OCCNC(=O)CSc1nc2ccccc2c(=O)n1CC1CCCO1. The number of carbonyl (C=O) groups excluding carboxylic acids is 1. The summed E-state index contributed by atoms with van der Waals surface area (Å²) in [6.07, 6.45) is 1.89. The van der Waals surface area contributed by atoms with Gasteiger partial charge in [0.1, 0.15) is 6.61 Å². The van der Waals surface area contributed by atoms with Crippen LogP contribution in [0.25, 0.3) is 10.9 Å². The lowest BCUT2D eigenvalue weighted by Crippen LogP contribution is -2.31. The van der Waals surface area contributed by atoms with Crippen LogP contribution in [0.5, 0.6) is 11.5 Å². The Morgan fingerprint density at radius 2 is 2.00 bits per heavy atom. The van der Waals surface area contributed by atoms with Crippen molar-refractivity contribution in [2.24, 2.45) is 0 Å². The Bertz CT molecular complexity index is 1160. The lowest BCUT2D eigenvalue weighted by atomic mass is 10.2. The molecule has 8 nitrogen and oxygen atoms in total. The van der Waals surface area contributed by atoms with E-state index in [-0.39, 0.29) is 23.3 Å². The molecule has 1 N–H and O–H groups in total. The van der Waals surface area contributed by atoms with E-state index in [2.05, 4.69) is 10.3 Å². The standard InChI is InChI=1S/C24H27N3O5S/c1-30-20-10-4-5-11-21(20)32-14-12-25-22(28)16-33-24-26-19-9-3-2-8-18(19)23(29)27(24)15-17-7-6-13-31-17/h2-5,8-11,17H,6-7,12-16H2,1H3,(H,25,28). The van der Waals surface area contributed by atoms with E-state index in [4.69, 9.17) is 14.2 Å². The van der Waals surface area contributed by atoms with Gasteiger partial charge in [0.25, 0.3) is 5.56 Å². The number of ether oxygens (including phenoxy) is 3. The maximum atomic E-state index is 13.1. The van der Waals surface area contributed by atoms with Gasteiger partial charge in [0.15, 0.2) is 16.7 Å². The first kappa shape index (κ1) is 23.1. The molecule has 1 amide bonds. The average Bonchev–Trinajstić information content (AvgIpc) is 3.36. The summed E-state index contributed by atoms with van der Waals surface area (Å²) >= 11 is 1.25. The molecular weight excluding hydrogens is 442 g/mol. The zero-order valence-corrected chi connectivity index (χ0v) is 19.3. The number of nitrogens with zero attached hydrogens (tertiary/aromatic N) is 2. The fraction of sp³-hybridized carbons (Fsp3) is 0.375. The van der Waals surface area contributed by atoms with Gasteiger partial charge < -0.3 is 19.5 Å². The summed E-state index contributed by atoms with van der Waals surface area (Å²) in [5.41, 5.74) is 0.517. The van der Waals surface area contributed by atoms with E-state index in [1.54, 1.807) is 17.7 Å². The third-order valence-corrected chi connectivity index (χ3v) is 6.30. The Morgan fingerprint density at radius 3 is 2.79 bits per heavy atom. The first-order chi connectivity index (χ1) is 16.2. The van der Waals surface area contributed by atoms with E-state index in [1.807, 2.05) is 42.5 Å². The highest BCUT2D eigenvalue weighted by Gasteiger charge is 2.20. The number of carbonyl (C=O) groups is 1. The second-order valence-electron chi connectivity index (χ2n) is 7.60. The summed E-state index contributed by atoms with van der Waals surface area (Å²) in [5.74, 6) is 1.26. The zero-order chi connectivity index (χ0) is 23.0. The van der Waals surface area contributed by atoms with Crippen LogP contribution >= 0.6 is 11.8 Å². The molecule has 3 aromatic rings. The van der Waals surface area contributed by atoms with Crippen molar-refractivity contribution >= 4 is 28.6 Å². The molecule has 33 heavy (non-hydrogen) atoms. The van der Waals surface area contributed by atoms with E-state index in [1.165, 1.54) is 11.8 Å². The topological polar surface area (TPSA) is 91.7 Å². The molecule has 4 rings (SSSR count). The van der Waals surface area contributed by atoms with Crippen molar-refractivity contribution in [3.05, 3.63) is 58.9 Å². The summed E-state index contributed by atoms with van der Waals surface area (Å²) in [6.45, 7) is 1.82. The minimum atomic E-state index is -0.158. The Hall–Kier alpha value is -3.04. The molecule has 0 radical (unpaired) electrons. The maximum absolute atomic E-state index is 13.1. The van der Waals surface area contributed by atoms with Crippen LogP contribution in [0.3, 0.4) is 0 Å². The second kappa shape index (κ2) is 11.2. The van der Waals surface area contributed by atoms with E-state index in [0.29, 0.717) is 53.9 Å². The van der Waals surface area contributed by atoms with Crippen LogP contribution in [0.2, 0.25) is 0 Å². The quantitative estimate of drug-likeness (QED) is 0.277. The van der Waals surface area contributed by atoms with Crippen LogP contribution in [-0.4, -0.2) is 54.2 Å². The molecule has 9 heteroatoms. The Kier molecular flexibility index (Phi) is 7.85. The monoisotopic (exact) mass is 469 g/mol. The molecule has 1 aromatic heterocycles. The van der Waals surface area contributed by atoms with Gasteiger partial charge >= 0.3 is 0 Å². The van der Waals surface area contributed by atoms with Gasteiger partial charge in [-0.05, 0) is 37.1 Å². The number of amides is 1. The molecule has 1 aliphatic heterocycles. The van der Waals surface area contributed by atoms with E-state index in [9.17, 15) is 9.59 Å². The lowest BCUT2D eigenvalue weighted by Gasteiger charge is -2.16. The molecule has 1 unspecified atom stereocenters. The summed E-state index contributed by atoms with van der Waals surface area (Å²) in [4.78, 5) is 30.2. The highest BCUT2D eigenvalue weighted by Crippen LogP contribution is 2.25. The molecule has 1 fully saturated rings. The molecule has 2 aromatic carbocycles. The van der Waals surface area contributed by atoms with E-state index < -0.39 is 0 Å². The third-order valence-electron chi connectivity index (χ3n) is 5.32.